The van der Waals surface area contributed by atoms with Gasteiger partial charge >= 0.3 is 0 Å². The zero-order valence-electron chi connectivity index (χ0n) is 15.7. The summed E-state index contributed by atoms with van der Waals surface area (Å²) >= 11 is 7.74. The number of ketones is 2. The summed E-state index contributed by atoms with van der Waals surface area (Å²) in [5, 5.41) is 0.0419. The largest absolute Gasteiger partial charge is 0.294 e. The second-order valence-electron chi connectivity index (χ2n) is 7.47. The second kappa shape index (κ2) is 7.74. The monoisotopic (exact) mass is 446 g/mol. The molecule has 2 aromatic carbocycles. The van der Waals surface area contributed by atoms with Crippen LogP contribution in [0.15, 0.2) is 68.8 Å². The summed E-state index contributed by atoms with van der Waals surface area (Å²) < 4.78 is 23.5. The van der Waals surface area contributed by atoms with Crippen molar-refractivity contribution in [2.24, 2.45) is 11.8 Å². The highest BCUT2D eigenvalue weighted by Crippen LogP contribution is 2.50. The van der Waals surface area contributed by atoms with E-state index in [0.717, 1.165) is 35.3 Å². The number of rotatable bonds is 5. The lowest BCUT2D eigenvalue weighted by atomic mass is 9.84. The van der Waals surface area contributed by atoms with Gasteiger partial charge in [0.25, 0.3) is 0 Å². The van der Waals surface area contributed by atoms with Gasteiger partial charge in [-0.1, -0.05) is 41.6 Å². The Morgan fingerprint density at radius 1 is 1.07 bits per heavy atom. The van der Waals surface area contributed by atoms with E-state index in [2.05, 4.69) is 0 Å². The molecule has 1 fully saturated rings. The number of thioether (sulfide) groups is 1. The summed E-state index contributed by atoms with van der Waals surface area (Å²) in [5.41, 5.74) is 0.376. The molecule has 0 aliphatic heterocycles. The van der Waals surface area contributed by atoms with E-state index in [1.54, 1.807) is 0 Å². The predicted octanol–water partition coefficient (Wildman–Crippen LogP) is 4.97. The lowest BCUT2D eigenvalue weighted by Crippen LogP contribution is -2.26. The standard InChI is InChI=1S/C22H19ClO4S2/c1-29(26,27)16-9-10-17(18(23)12-16)21(25)19-20(24)13-7-8-14(11-13)22(19)28-15-5-3-2-4-6-15/h2-6,9-10,12-14H,7-8,11H2,1H3. The fraction of sp³-hybridized carbons (Fsp3) is 0.273. The summed E-state index contributed by atoms with van der Waals surface area (Å²) in [4.78, 5) is 28.3. The SMILES string of the molecule is CS(=O)(=O)c1ccc(C(=O)C2=C(Sc3ccccc3)C3CCC(C3)C2=O)c(Cl)c1. The van der Waals surface area contributed by atoms with Crippen LogP contribution in [0, 0.1) is 11.8 Å². The van der Waals surface area contributed by atoms with E-state index in [-0.39, 0.29) is 38.7 Å². The number of allylic oxidation sites excluding steroid dienone is 2. The van der Waals surface area contributed by atoms with Crippen molar-refractivity contribution in [3.05, 3.63) is 69.6 Å². The van der Waals surface area contributed by atoms with Crippen molar-refractivity contribution in [3.8, 4) is 0 Å². The van der Waals surface area contributed by atoms with Gasteiger partial charge in [0.1, 0.15) is 0 Å². The van der Waals surface area contributed by atoms with Crippen LogP contribution in [0.5, 0.6) is 0 Å². The third-order valence-corrected chi connectivity index (χ3v) is 8.17. The minimum Gasteiger partial charge on any atom is -0.294 e. The molecular weight excluding hydrogens is 428 g/mol. The van der Waals surface area contributed by atoms with Gasteiger partial charge in [-0.05, 0) is 55.5 Å². The molecule has 0 heterocycles. The molecule has 0 amide bonds. The molecule has 2 atom stereocenters. The van der Waals surface area contributed by atoms with Crippen LogP contribution in [-0.2, 0) is 14.6 Å². The molecule has 4 rings (SSSR count). The molecule has 2 unspecified atom stereocenters. The number of hydrogen-bond donors (Lipinski definition) is 0. The molecule has 0 aromatic heterocycles. The van der Waals surface area contributed by atoms with Gasteiger partial charge in [-0.15, -0.1) is 0 Å². The van der Waals surface area contributed by atoms with Crippen LogP contribution in [-0.4, -0.2) is 26.2 Å². The number of carbonyl (C=O) groups is 2. The first-order chi connectivity index (χ1) is 13.8. The Hall–Kier alpha value is -1.89. The van der Waals surface area contributed by atoms with E-state index in [9.17, 15) is 18.0 Å². The quantitative estimate of drug-likeness (QED) is 0.479. The molecule has 2 aromatic rings. The van der Waals surface area contributed by atoms with E-state index < -0.39 is 15.6 Å². The van der Waals surface area contributed by atoms with Crippen LogP contribution in [0.25, 0.3) is 0 Å². The number of hydrogen-bond acceptors (Lipinski definition) is 5. The van der Waals surface area contributed by atoms with Gasteiger partial charge in [-0.3, -0.25) is 9.59 Å². The normalized spacial score (nSPS) is 21.5. The van der Waals surface area contributed by atoms with Gasteiger partial charge in [-0.2, -0.15) is 0 Å². The highest BCUT2D eigenvalue weighted by molar-refractivity contribution is 8.03. The van der Waals surface area contributed by atoms with E-state index in [1.807, 2.05) is 30.3 Å². The number of fused-ring (bicyclic) bond motifs is 2. The average Bonchev–Trinajstić information content (AvgIpc) is 3.12. The zero-order chi connectivity index (χ0) is 20.8. The Balaban J connectivity index is 1.79. The topological polar surface area (TPSA) is 68.3 Å². The molecule has 150 valence electrons. The van der Waals surface area contributed by atoms with Crippen molar-refractivity contribution in [3.63, 3.8) is 0 Å². The van der Waals surface area contributed by atoms with E-state index >= 15 is 0 Å². The molecule has 0 radical (unpaired) electrons. The predicted molar refractivity (Wildman–Crippen MR) is 114 cm³/mol. The molecular formula is C22H19ClO4S2. The van der Waals surface area contributed by atoms with Crippen molar-refractivity contribution >= 4 is 44.8 Å². The van der Waals surface area contributed by atoms with Gasteiger partial charge in [-0.25, -0.2) is 8.42 Å². The Bertz CT molecular complexity index is 1140. The number of sulfone groups is 1. The minimum atomic E-state index is -3.44. The molecule has 1 saturated carbocycles. The second-order valence-corrected chi connectivity index (χ2v) is 11.0. The lowest BCUT2D eigenvalue weighted by Gasteiger charge is -2.24. The highest BCUT2D eigenvalue weighted by atomic mass is 35.5. The maximum atomic E-state index is 13.4. The molecule has 2 aliphatic carbocycles. The summed E-state index contributed by atoms with van der Waals surface area (Å²) in [6, 6.07) is 13.7. The van der Waals surface area contributed by atoms with Crippen LogP contribution < -0.4 is 0 Å². The fourth-order valence-corrected chi connectivity index (χ4v) is 6.21. The Kier molecular flexibility index (Phi) is 5.44. The van der Waals surface area contributed by atoms with Crippen LogP contribution in [0.2, 0.25) is 5.02 Å². The van der Waals surface area contributed by atoms with E-state index in [0.29, 0.717) is 0 Å². The van der Waals surface area contributed by atoms with Gasteiger partial charge < -0.3 is 0 Å². The summed E-state index contributed by atoms with van der Waals surface area (Å²) in [6.07, 6.45) is 3.55. The molecule has 4 nitrogen and oxygen atoms in total. The Morgan fingerprint density at radius 3 is 2.41 bits per heavy atom. The van der Waals surface area contributed by atoms with Gasteiger partial charge in [0.2, 0.25) is 0 Å². The summed E-state index contributed by atoms with van der Waals surface area (Å²) in [5.74, 6) is -0.468. The van der Waals surface area contributed by atoms with E-state index in [4.69, 9.17) is 11.6 Å². The van der Waals surface area contributed by atoms with Crippen molar-refractivity contribution in [1.29, 1.82) is 0 Å². The molecule has 29 heavy (non-hydrogen) atoms. The van der Waals surface area contributed by atoms with Crippen molar-refractivity contribution < 1.29 is 18.0 Å². The van der Waals surface area contributed by atoms with Crippen LogP contribution in [0.3, 0.4) is 0 Å². The summed E-state index contributed by atoms with van der Waals surface area (Å²) in [6.45, 7) is 0. The highest BCUT2D eigenvalue weighted by Gasteiger charge is 2.43. The van der Waals surface area contributed by atoms with Gasteiger partial charge in [0.15, 0.2) is 21.4 Å². The van der Waals surface area contributed by atoms with Crippen molar-refractivity contribution in [1.82, 2.24) is 0 Å². The van der Waals surface area contributed by atoms with Crippen LogP contribution in [0.1, 0.15) is 29.6 Å². The maximum Gasteiger partial charge on any atom is 0.198 e. The maximum absolute atomic E-state index is 13.4. The molecule has 2 bridgehead atoms. The van der Waals surface area contributed by atoms with Gasteiger partial charge in [0.05, 0.1) is 15.5 Å². The fourth-order valence-electron chi connectivity index (χ4n) is 4.01. The summed E-state index contributed by atoms with van der Waals surface area (Å²) in [7, 11) is -3.44. The average molecular weight is 447 g/mol. The van der Waals surface area contributed by atoms with Crippen LogP contribution >= 0.6 is 23.4 Å². The first kappa shape index (κ1) is 20.4. The number of carbonyl (C=O) groups excluding carboxylic acids is 2. The third kappa shape index (κ3) is 3.93. The number of benzene rings is 2. The van der Waals surface area contributed by atoms with Crippen LogP contribution in [0.4, 0.5) is 0 Å². The van der Waals surface area contributed by atoms with Crippen molar-refractivity contribution in [2.75, 3.05) is 6.26 Å². The van der Waals surface area contributed by atoms with Crippen molar-refractivity contribution in [2.45, 2.75) is 29.1 Å². The first-order valence-electron chi connectivity index (χ1n) is 9.31. The molecule has 0 spiro atoms. The van der Waals surface area contributed by atoms with Gasteiger partial charge in [0, 0.05) is 27.5 Å². The zero-order valence-corrected chi connectivity index (χ0v) is 18.1. The molecule has 0 N–H and O–H groups in total. The molecule has 0 saturated heterocycles. The number of Topliss-reactive ketones (excluding diaryl/α,β-unsaturated/α-hetero) is 2. The number of halogens is 1. The molecule has 2 aliphatic rings. The smallest absolute Gasteiger partial charge is 0.198 e. The Morgan fingerprint density at radius 2 is 1.76 bits per heavy atom. The van der Waals surface area contributed by atoms with E-state index in [1.165, 1.54) is 30.0 Å². The Labute approximate surface area is 179 Å². The minimum absolute atomic E-state index is 0.0419. The lowest BCUT2D eigenvalue weighted by molar-refractivity contribution is -0.119. The third-order valence-electron chi connectivity index (χ3n) is 5.48. The first-order valence-corrected chi connectivity index (χ1v) is 12.4. The molecule has 7 heteroatoms.